The van der Waals surface area contributed by atoms with Gasteiger partial charge in [0.1, 0.15) is 5.75 Å². The summed E-state index contributed by atoms with van der Waals surface area (Å²) in [6.07, 6.45) is 6.18. The van der Waals surface area contributed by atoms with Crippen molar-refractivity contribution in [2.45, 2.75) is 65.1 Å². The predicted octanol–water partition coefficient (Wildman–Crippen LogP) is 5.91. The Kier molecular flexibility index (Phi) is 7.56. The van der Waals surface area contributed by atoms with Gasteiger partial charge in [-0.3, -0.25) is 14.6 Å². The number of aromatic amines is 1. The van der Waals surface area contributed by atoms with Crippen molar-refractivity contribution in [3.63, 3.8) is 0 Å². The summed E-state index contributed by atoms with van der Waals surface area (Å²) in [7, 11) is 1.76. The number of nitrogens with zero attached hydrogens (tertiary/aromatic N) is 4. The second kappa shape index (κ2) is 11.2. The Bertz CT molecular complexity index is 1440. The van der Waals surface area contributed by atoms with Gasteiger partial charge in [-0.25, -0.2) is 0 Å². The Labute approximate surface area is 244 Å². The lowest BCUT2D eigenvalue weighted by molar-refractivity contribution is -0.0298. The van der Waals surface area contributed by atoms with Crippen molar-refractivity contribution in [2.24, 2.45) is 11.3 Å². The number of methoxy groups -OCH3 is 1. The predicted molar refractivity (Wildman–Crippen MR) is 162 cm³/mol. The van der Waals surface area contributed by atoms with Gasteiger partial charge in [-0.2, -0.15) is 5.26 Å². The second-order valence-electron chi connectivity index (χ2n) is 12.9. The van der Waals surface area contributed by atoms with E-state index in [9.17, 15) is 10.1 Å². The van der Waals surface area contributed by atoms with Gasteiger partial charge < -0.3 is 14.6 Å². The van der Waals surface area contributed by atoms with E-state index in [1.807, 2.05) is 23.2 Å². The molecule has 1 amide bonds. The SMILES string of the molecule is COc1cc(C)c2[nH]ccc2c1CN1CCC2(CC(C#N)C2)CC1c1ccc(C(=O)N2CCN(C(C)C)CC2)cc1. The molecule has 2 saturated heterocycles. The van der Waals surface area contributed by atoms with Gasteiger partial charge in [0.05, 0.1) is 13.2 Å². The van der Waals surface area contributed by atoms with Crippen LogP contribution < -0.4 is 4.74 Å². The molecule has 7 nitrogen and oxygen atoms in total. The van der Waals surface area contributed by atoms with Crippen molar-refractivity contribution in [1.29, 1.82) is 5.26 Å². The topological polar surface area (TPSA) is 75.6 Å². The first-order valence-corrected chi connectivity index (χ1v) is 15.2. The number of ether oxygens (including phenoxy) is 1. The molecule has 7 heteroatoms. The molecule has 1 unspecified atom stereocenters. The highest BCUT2D eigenvalue weighted by molar-refractivity contribution is 5.94. The Hall–Kier alpha value is -3.34. The number of aryl methyl sites for hydroxylation is 1. The first-order valence-electron chi connectivity index (χ1n) is 15.2. The molecule has 41 heavy (non-hydrogen) atoms. The largest absolute Gasteiger partial charge is 0.496 e. The van der Waals surface area contributed by atoms with E-state index in [0.29, 0.717) is 6.04 Å². The fourth-order valence-corrected chi connectivity index (χ4v) is 7.60. The molecule has 1 spiro atoms. The van der Waals surface area contributed by atoms with Gasteiger partial charge in [-0.15, -0.1) is 0 Å². The fourth-order valence-electron chi connectivity index (χ4n) is 7.60. The van der Waals surface area contributed by atoms with Crippen molar-refractivity contribution < 1.29 is 9.53 Å². The van der Waals surface area contributed by atoms with Crippen LogP contribution in [0.2, 0.25) is 0 Å². The summed E-state index contributed by atoms with van der Waals surface area (Å²) in [5, 5.41) is 10.7. The molecule has 6 rings (SSSR count). The lowest BCUT2D eigenvalue weighted by Gasteiger charge is -2.53. The van der Waals surface area contributed by atoms with E-state index >= 15 is 0 Å². The minimum atomic E-state index is 0.132. The summed E-state index contributed by atoms with van der Waals surface area (Å²) in [4.78, 5) is 23.8. The number of carbonyl (C=O) groups is 1. The number of hydrogen-bond acceptors (Lipinski definition) is 5. The van der Waals surface area contributed by atoms with Crippen molar-refractivity contribution >= 4 is 16.8 Å². The lowest BCUT2D eigenvalue weighted by atomic mass is 9.56. The van der Waals surface area contributed by atoms with E-state index in [1.165, 1.54) is 27.6 Å². The van der Waals surface area contributed by atoms with Gasteiger partial charge in [0, 0.05) is 79.0 Å². The Balaban J connectivity index is 1.25. The maximum Gasteiger partial charge on any atom is 0.253 e. The second-order valence-corrected chi connectivity index (χ2v) is 12.9. The van der Waals surface area contributed by atoms with Crippen LogP contribution in [-0.2, 0) is 6.54 Å². The van der Waals surface area contributed by atoms with Gasteiger partial charge in [0.2, 0.25) is 0 Å². The molecule has 216 valence electrons. The van der Waals surface area contributed by atoms with E-state index < -0.39 is 0 Å². The maximum absolute atomic E-state index is 13.3. The molecular weight excluding hydrogens is 510 g/mol. The highest BCUT2D eigenvalue weighted by Gasteiger charge is 2.49. The number of H-pyrrole nitrogens is 1. The summed E-state index contributed by atoms with van der Waals surface area (Å²) in [5.41, 5.74) is 5.83. The smallest absolute Gasteiger partial charge is 0.253 e. The van der Waals surface area contributed by atoms with E-state index in [-0.39, 0.29) is 23.3 Å². The number of nitrogens with one attached hydrogen (secondary N) is 1. The lowest BCUT2D eigenvalue weighted by Crippen LogP contribution is -2.50. The molecule has 3 aliphatic rings. The average molecular weight is 554 g/mol. The number of piperidine rings is 1. The van der Waals surface area contributed by atoms with Gasteiger partial charge in [-0.1, -0.05) is 12.1 Å². The molecule has 3 heterocycles. The molecule has 1 aliphatic carbocycles. The van der Waals surface area contributed by atoms with Crippen LogP contribution in [0.15, 0.2) is 42.6 Å². The molecule has 1 aromatic heterocycles. The van der Waals surface area contributed by atoms with E-state index in [2.05, 4.69) is 65.9 Å². The zero-order valence-corrected chi connectivity index (χ0v) is 24.9. The minimum absolute atomic E-state index is 0.132. The minimum Gasteiger partial charge on any atom is -0.496 e. The van der Waals surface area contributed by atoms with Crippen LogP contribution in [0, 0.1) is 29.6 Å². The number of hydrogen-bond donors (Lipinski definition) is 1. The highest BCUT2D eigenvalue weighted by atomic mass is 16.5. The number of piperazine rings is 1. The van der Waals surface area contributed by atoms with Crippen LogP contribution in [0.5, 0.6) is 5.75 Å². The zero-order valence-electron chi connectivity index (χ0n) is 24.9. The number of aromatic nitrogens is 1. The highest BCUT2D eigenvalue weighted by Crippen LogP contribution is 2.56. The maximum atomic E-state index is 13.3. The Morgan fingerprint density at radius 2 is 1.83 bits per heavy atom. The molecule has 2 aliphatic heterocycles. The molecule has 0 radical (unpaired) electrons. The van der Waals surface area contributed by atoms with Crippen LogP contribution in [0.3, 0.4) is 0 Å². The summed E-state index contributed by atoms with van der Waals surface area (Å²) in [5.74, 6) is 1.25. The summed E-state index contributed by atoms with van der Waals surface area (Å²) >= 11 is 0. The van der Waals surface area contributed by atoms with Crippen LogP contribution in [0.1, 0.15) is 72.6 Å². The first kappa shape index (κ1) is 27.8. The third kappa shape index (κ3) is 5.24. The molecule has 1 saturated carbocycles. The van der Waals surface area contributed by atoms with Crippen LogP contribution in [0.25, 0.3) is 10.9 Å². The Morgan fingerprint density at radius 3 is 2.49 bits per heavy atom. The number of fused-ring (bicyclic) bond motifs is 1. The van der Waals surface area contributed by atoms with Gasteiger partial charge >= 0.3 is 0 Å². The van der Waals surface area contributed by atoms with Crippen LogP contribution >= 0.6 is 0 Å². The molecule has 3 aromatic rings. The third-order valence-corrected chi connectivity index (χ3v) is 10.1. The van der Waals surface area contributed by atoms with Gasteiger partial charge in [0.25, 0.3) is 5.91 Å². The third-order valence-electron chi connectivity index (χ3n) is 10.1. The number of nitriles is 1. The molecular formula is C34H43N5O2. The van der Waals surface area contributed by atoms with Crippen molar-refractivity contribution in [3.05, 3.63) is 64.8 Å². The van der Waals surface area contributed by atoms with Crippen molar-refractivity contribution in [3.8, 4) is 11.8 Å². The van der Waals surface area contributed by atoms with Gasteiger partial charge in [-0.05, 0) is 93.8 Å². The number of benzene rings is 2. The van der Waals surface area contributed by atoms with Crippen molar-refractivity contribution in [2.75, 3.05) is 39.8 Å². The van der Waals surface area contributed by atoms with E-state index in [1.54, 1.807) is 7.11 Å². The molecule has 1 atom stereocenters. The molecule has 3 fully saturated rings. The number of rotatable bonds is 6. The summed E-state index contributed by atoms with van der Waals surface area (Å²) < 4.78 is 5.89. The van der Waals surface area contributed by atoms with Crippen LogP contribution in [0.4, 0.5) is 0 Å². The summed E-state index contributed by atoms with van der Waals surface area (Å²) in [6, 6.07) is 15.9. The summed E-state index contributed by atoms with van der Waals surface area (Å²) in [6.45, 7) is 11.8. The molecule has 2 aromatic carbocycles. The van der Waals surface area contributed by atoms with Crippen LogP contribution in [-0.4, -0.2) is 71.5 Å². The molecule has 1 N–H and O–H groups in total. The first-order chi connectivity index (χ1) is 19.8. The number of carbonyl (C=O) groups excluding carboxylic acids is 1. The monoisotopic (exact) mass is 553 g/mol. The number of likely N-dealkylation sites (tertiary alicyclic amines) is 1. The fraction of sp³-hybridized carbons (Fsp3) is 0.529. The quantitative estimate of drug-likeness (QED) is 0.411. The van der Waals surface area contributed by atoms with Gasteiger partial charge in [0.15, 0.2) is 0 Å². The van der Waals surface area contributed by atoms with E-state index in [4.69, 9.17) is 4.74 Å². The van der Waals surface area contributed by atoms with E-state index in [0.717, 1.165) is 76.3 Å². The standard InChI is InChI=1S/C34H43N5O2/c1-23(2)37-13-15-38(16-14-37)33(40)27-7-5-26(6-8-27)30-20-34(18-25(19-34)21-35)10-12-39(30)22-29-28-9-11-36-32(28)24(3)17-31(29)41-4/h5-9,11,17,23,25,30,36H,10,12-16,18-20,22H2,1-4H3. The molecule has 0 bridgehead atoms. The van der Waals surface area contributed by atoms with Crippen molar-refractivity contribution in [1.82, 2.24) is 19.7 Å². The normalized spacial score (nSPS) is 25.4. The number of amides is 1. The zero-order chi connectivity index (χ0) is 28.7. The average Bonchev–Trinajstić information content (AvgIpc) is 3.48. The Morgan fingerprint density at radius 1 is 1.10 bits per heavy atom.